The van der Waals surface area contributed by atoms with Crippen LogP contribution in [-0.2, 0) is 18.9 Å². The van der Waals surface area contributed by atoms with E-state index in [4.69, 9.17) is 38.6 Å². The van der Waals surface area contributed by atoms with Crippen LogP contribution in [0.4, 0.5) is 0 Å². The number of fused-ring (bicyclic) bond motifs is 2. The molecule has 2 saturated carbocycles. The van der Waals surface area contributed by atoms with Gasteiger partial charge in [-0.05, 0) is 68.7 Å². The average Bonchev–Trinajstić information content (AvgIpc) is 3.84. The lowest BCUT2D eigenvalue weighted by molar-refractivity contribution is -0.192. The van der Waals surface area contributed by atoms with Crippen LogP contribution in [0.5, 0.6) is 11.5 Å². The van der Waals surface area contributed by atoms with Crippen LogP contribution in [0.25, 0.3) is 21.8 Å². The molecule has 0 N–H and O–H groups in total. The Morgan fingerprint density at radius 3 is 1.41 bits per heavy atom. The lowest BCUT2D eigenvalue weighted by Crippen LogP contribution is -2.40. The molecule has 248 valence electrons. The average molecular weight is 763 g/mol. The van der Waals surface area contributed by atoms with E-state index in [0.717, 1.165) is 107 Å². The molecular formula is C34H42Br2N4O6. The first-order valence-electron chi connectivity index (χ1n) is 16.2. The fourth-order valence-electron chi connectivity index (χ4n) is 7.81. The summed E-state index contributed by atoms with van der Waals surface area (Å²) in [6.45, 7) is 7.40. The van der Waals surface area contributed by atoms with E-state index in [-0.39, 0.29) is 11.6 Å². The number of nitrogens with zero attached hydrogens (tertiary/aromatic N) is 4. The van der Waals surface area contributed by atoms with Gasteiger partial charge in [0.1, 0.15) is 11.5 Å². The van der Waals surface area contributed by atoms with Crippen molar-refractivity contribution in [2.75, 3.05) is 40.6 Å². The molecule has 2 saturated heterocycles. The summed E-state index contributed by atoms with van der Waals surface area (Å²) < 4.78 is 40.3. The predicted octanol–water partition coefficient (Wildman–Crippen LogP) is 7.82. The Bertz CT molecular complexity index is 1570. The van der Waals surface area contributed by atoms with Gasteiger partial charge in [0.15, 0.2) is 11.6 Å². The van der Waals surface area contributed by atoms with Crippen molar-refractivity contribution < 1.29 is 28.4 Å². The van der Waals surface area contributed by atoms with Crippen LogP contribution >= 0.6 is 31.9 Å². The molecule has 4 aromatic rings. The number of benzene rings is 2. The van der Waals surface area contributed by atoms with Crippen molar-refractivity contribution in [3.05, 3.63) is 45.6 Å². The van der Waals surface area contributed by atoms with Crippen molar-refractivity contribution in [1.29, 1.82) is 0 Å². The first kappa shape index (κ1) is 32.3. The molecule has 2 aromatic carbocycles. The van der Waals surface area contributed by atoms with E-state index < -0.39 is 0 Å². The molecule has 2 aromatic heterocycles. The zero-order valence-electron chi connectivity index (χ0n) is 26.8. The highest BCUT2D eigenvalue weighted by atomic mass is 79.9. The minimum atomic E-state index is -0.339. The van der Waals surface area contributed by atoms with E-state index in [2.05, 4.69) is 79.6 Å². The highest BCUT2D eigenvalue weighted by Crippen LogP contribution is 2.45. The van der Waals surface area contributed by atoms with Crippen LogP contribution in [0.3, 0.4) is 0 Å². The summed E-state index contributed by atoms with van der Waals surface area (Å²) in [5.41, 5.74) is 1.93. The summed E-state index contributed by atoms with van der Waals surface area (Å²) in [7, 11) is 3.35. The van der Waals surface area contributed by atoms with E-state index >= 15 is 0 Å². The van der Waals surface area contributed by atoms with Crippen LogP contribution in [0.15, 0.2) is 45.6 Å². The van der Waals surface area contributed by atoms with Gasteiger partial charge in [-0.3, -0.25) is 9.36 Å². The van der Waals surface area contributed by atoms with Gasteiger partial charge >= 0.3 is 0 Å². The van der Waals surface area contributed by atoms with Gasteiger partial charge in [0.2, 0.25) is 0 Å². The van der Waals surface area contributed by atoms with Crippen molar-refractivity contribution in [3.8, 4) is 11.5 Å². The summed E-state index contributed by atoms with van der Waals surface area (Å²) in [5, 5.41) is 11.8. The highest BCUT2D eigenvalue weighted by molar-refractivity contribution is 9.11. The smallest absolute Gasteiger partial charge is 0.168 e. The number of hydrogen-bond acceptors (Lipinski definition) is 8. The van der Waals surface area contributed by atoms with Gasteiger partial charge in [-0.2, -0.15) is 10.2 Å². The van der Waals surface area contributed by atoms with Gasteiger partial charge in [-0.25, -0.2) is 0 Å². The molecule has 2 aliphatic carbocycles. The molecule has 2 spiro atoms. The topological polar surface area (TPSA) is 91.0 Å². The van der Waals surface area contributed by atoms with Gasteiger partial charge in [-0.1, -0.05) is 13.8 Å². The molecule has 4 fully saturated rings. The van der Waals surface area contributed by atoms with Crippen molar-refractivity contribution in [2.24, 2.45) is 11.8 Å². The summed E-state index contributed by atoms with van der Waals surface area (Å²) in [6, 6.07) is 8.85. The van der Waals surface area contributed by atoms with E-state index in [9.17, 15) is 0 Å². The van der Waals surface area contributed by atoms with Gasteiger partial charge in [0.05, 0.1) is 72.7 Å². The number of rotatable bonds is 4. The van der Waals surface area contributed by atoms with Crippen molar-refractivity contribution >= 4 is 53.7 Å². The number of aromatic nitrogens is 4. The molecule has 12 heteroatoms. The number of methoxy groups -OCH3 is 2. The Morgan fingerprint density at radius 1 is 0.674 bits per heavy atom. The summed E-state index contributed by atoms with van der Waals surface area (Å²) in [4.78, 5) is 0. The lowest BCUT2D eigenvalue weighted by atomic mass is 9.82. The molecule has 0 amide bonds. The third-order valence-electron chi connectivity index (χ3n) is 10.1. The first-order valence-corrected chi connectivity index (χ1v) is 17.8. The molecule has 4 heterocycles. The summed E-state index contributed by atoms with van der Waals surface area (Å²) in [6.07, 6.45) is 10.0. The zero-order chi connectivity index (χ0) is 32.1. The van der Waals surface area contributed by atoms with E-state index in [1.54, 1.807) is 14.2 Å². The van der Waals surface area contributed by atoms with E-state index in [1.807, 2.05) is 12.1 Å². The SMILES string of the molecule is COc1cc2nn([C@@H]3CCC4(C[C@H]3C)OCCO4)cc2cc1Br.COc1cc2nn([C@H]3CCC4(C[C@@H]3C)OCCO4)cc2cc1Br. The monoisotopic (exact) mass is 760 g/mol. The highest BCUT2D eigenvalue weighted by Gasteiger charge is 2.45. The largest absolute Gasteiger partial charge is 0.495 e. The van der Waals surface area contributed by atoms with Gasteiger partial charge < -0.3 is 28.4 Å². The van der Waals surface area contributed by atoms with E-state index in [1.165, 1.54) is 0 Å². The van der Waals surface area contributed by atoms with Crippen LogP contribution in [0, 0.1) is 11.8 Å². The van der Waals surface area contributed by atoms with Crippen LogP contribution < -0.4 is 9.47 Å². The number of ether oxygens (including phenoxy) is 6. The second-order valence-electron chi connectivity index (χ2n) is 13.1. The fraction of sp³-hybridized carbons (Fsp3) is 0.588. The molecule has 10 nitrogen and oxygen atoms in total. The maximum absolute atomic E-state index is 5.87. The second-order valence-corrected chi connectivity index (χ2v) is 14.8. The third-order valence-corrected chi connectivity index (χ3v) is 11.4. The molecule has 2 aliphatic heterocycles. The molecular weight excluding hydrogens is 720 g/mol. The van der Waals surface area contributed by atoms with Crippen molar-refractivity contribution in [3.63, 3.8) is 0 Å². The molecule has 0 unspecified atom stereocenters. The summed E-state index contributed by atoms with van der Waals surface area (Å²) >= 11 is 7.08. The van der Waals surface area contributed by atoms with Crippen molar-refractivity contribution in [1.82, 2.24) is 19.6 Å². The summed E-state index contributed by atoms with van der Waals surface area (Å²) in [5.74, 6) is 1.86. The molecule has 4 aliphatic rings. The lowest BCUT2D eigenvalue weighted by Gasteiger charge is -2.39. The minimum Gasteiger partial charge on any atom is -0.495 e. The fourth-order valence-corrected chi connectivity index (χ4v) is 8.85. The standard InChI is InChI=1S/2C17H21BrN2O3/c2*1-11-9-17(22-5-6-23-17)4-3-15(11)20-10-12-7-13(18)16(21-2)8-14(12)19-20/h2*7-8,10-11,15H,3-6,9H2,1-2H3/t2*11-,15-/m10/s1. The van der Waals surface area contributed by atoms with Crippen molar-refractivity contribution in [2.45, 2.75) is 76.0 Å². The normalized spacial score (nSPS) is 26.9. The first-order chi connectivity index (χ1) is 22.2. The minimum absolute atomic E-state index is 0.339. The maximum atomic E-state index is 5.87. The van der Waals surface area contributed by atoms with Crippen LogP contribution in [0.2, 0.25) is 0 Å². The van der Waals surface area contributed by atoms with Crippen LogP contribution in [0.1, 0.15) is 64.5 Å². The van der Waals surface area contributed by atoms with Gasteiger partial charge in [-0.15, -0.1) is 0 Å². The molecule has 0 radical (unpaired) electrons. The predicted molar refractivity (Wildman–Crippen MR) is 181 cm³/mol. The Labute approximate surface area is 286 Å². The number of hydrogen-bond donors (Lipinski definition) is 0. The Balaban J connectivity index is 0.000000147. The zero-order valence-corrected chi connectivity index (χ0v) is 30.0. The van der Waals surface area contributed by atoms with Gasteiger partial charge in [0, 0.05) is 61.0 Å². The Kier molecular flexibility index (Phi) is 9.14. The molecule has 46 heavy (non-hydrogen) atoms. The molecule has 4 atom stereocenters. The Hall–Kier alpha value is -2.22. The number of halogens is 2. The van der Waals surface area contributed by atoms with Crippen LogP contribution in [-0.4, -0.2) is 71.8 Å². The third kappa shape index (κ3) is 6.21. The van der Waals surface area contributed by atoms with Gasteiger partial charge in [0.25, 0.3) is 0 Å². The molecule has 8 rings (SSSR count). The maximum Gasteiger partial charge on any atom is 0.168 e. The molecule has 0 bridgehead atoms. The quantitative estimate of drug-likeness (QED) is 0.208. The second kappa shape index (κ2) is 13.0. The Morgan fingerprint density at radius 2 is 1.07 bits per heavy atom. The van der Waals surface area contributed by atoms with E-state index in [0.29, 0.717) is 23.9 Å².